The van der Waals surface area contributed by atoms with Crippen LogP contribution in [0.5, 0.6) is 17.2 Å². The molecular formula is C18H20N2O4. The highest BCUT2D eigenvalue weighted by molar-refractivity contribution is 5.95. The van der Waals surface area contributed by atoms with Gasteiger partial charge in [-0.15, -0.1) is 0 Å². The van der Waals surface area contributed by atoms with E-state index in [4.69, 9.17) is 14.2 Å². The molecule has 0 saturated heterocycles. The molecule has 0 atom stereocenters. The minimum absolute atomic E-state index is 0.352. The van der Waals surface area contributed by atoms with Crippen LogP contribution in [0.3, 0.4) is 0 Å². The van der Waals surface area contributed by atoms with E-state index in [9.17, 15) is 4.79 Å². The molecule has 0 radical (unpaired) electrons. The van der Waals surface area contributed by atoms with E-state index in [1.807, 2.05) is 31.2 Å². The number of carbonyl (C=O) groups is 1. The normalized spacial score (nSPS) is 10.5. The Kier molecular flexibility index (Phi) is 6.19. The second kappa shape index (κ2) is 8.57. The number of benzene rings is 2. The summed E-state index contributed by atoms with van der Waals surface area (Å²) in [4.78, 5) is 12.2. The van der Waals surface area contributed by atoms with Gasteiger partial charge in [-0.05, 0) is 48.9 Å². The zero-order chi connectivity index (χ0) is 17.4. The summed E-state index contributed by atoms with van der Waals surface area (Å²) >= 11 is 0. The van der Waals surface area contributed by atoms with Gasteiger partial charge in [-0.25, -0.2) is 5.43 Å². The van der Waals surface area contributed by atoms with E-state index in [1.165, 1.54) is 14.2 Å². The van der Waals surface area contributed by atoms with Crippen LogP contribution in [-0.4, -0.2) is 32.9 Å². The topological polar surface area (TPSA) is 69.2 Å². The Morgan fingerprint density at radius 2 is 1.67 bits per heavy atom. The number of hydrogen-bond donors (Lipinski definition) is 1. The molecule has 1 N–H and O–H groups in total. The monoisotopic (exact) mass is 328 g/mol. The van der Waals surface area contributed by atoms with Crippen molar-refractivity contribution < 1.29 is 19.0 Å². The molecule has 126 valence electrons. The van der Waals surface area contributed by atoms with E-state index in [-0.39, 0.29) is 5.91 Å². The molecule has 2 rings (SSSR count). The Bertz CT molecular complexity index is 689. The zero-order valence-electron chi connectivity index (χ0n) is 13.9. The summed E-state index contributed by atoms with van der Waals surface area (Å²) in [6.45, 7) is 2.55. The number of amides is 1. The molecule has 0 aliphatic rings. The summed E-state index contributed by atoms with van der Waals surface area (Å²) in [5.74, 6) is 1.52. The molecule has 0 aliphatic carbocycles. The molecular weight excluding hydrogens is 308 g/mol. The number of rotatable bonds is 7. The van der Waals surface area contributed by atoms with Crippen LogP contribution in [0.25, 0.3) is 0 Å². The van der Waals surface area contributed by atoms with Crippen molar-refractivity contribution in [2.24, 2.45) is 5.10 Å². The second-order valence-electron chi connectivity index (χ2n) is 4.80. The molecule has 0 spiro atoms. The van der Waals surface area contributed by atoms with Gasteiger partial charge in [0.1, 0.15) is 17.2 Å². The predicted octanol–water partition coefficient (Wildman–Crippen LogP) is 2.87. The number of nitrogens with one attached hydrogen (secondary N) is 1. The van der Waals surface area contributed by atoms with E-state index in [1.54, 1.807) is 24.4 Å². The van der Waals surface area contributed by atoms with Crippen LogP contribution in [0.2, 0.25) is 0 Å². The van der Waals surface area contributed by atoms with Crippen molar-refractivity contribution in [3.05, 3.63) is 53.6 Å². The molecule has 0 aliphatic heterocycles. The Hall–Kier alpha value is -3.02. The van der Waals surface area contributed by atoms with Crippen molar-refractivity contribution in [1.29, 1.82) is 0 Å². The van der Waals surface area contributed by atoms with Gasteiger partial charge in [0.25, 0.3) is 5.91 Å². The molecule has 1 amide bonds. The summed E-state index contributed by atoms with van der Waals surface area (Å²) in [7, 11) is 3.06. The Morgan fingerprint density at radius 1 is 1.04 bits per heavy atom. The smallest absolute Gasteiger partial charge is 0.271 e. The summed E-state index contributed by atoms with van der Waals surface area (Å²) < 4.78 is 15.7. The molecule has 6 heteroatoms. The van der Waals surface area contributed by atoms with Crippen molar-refractivity contribution in [2.45, 2.75) is 6.92 Å². The van der Waals surface area contributed by atoms with Gasteiger partial charge in [0.2, 0.25) is 0 Å². The maximum atomic E-state index is 12.2. The van der Waals surface area contributed by atoms with Crippen LogP contribution < -0.4 is 19.6 Å². The lowest BCUT2D eigenvalue weighted by Crippen LogP contribution is -2.17. The standard InChI is InChI=1S/C18H20N2O4/c1-4-24-15-7-5-13(6-8-15)12-19-20-18(21)14-9-16(22-2)11-17(10-14)23-3/h5-12H,4H2,1-3H3,(H,20,21)/b19-12-. The molecule has 0 saturated carbocycles. The van der Waals surface area contributed by atoms with Crippen LogP contribution in [0.1, 0.15) is 22.8 Å². The quantitative estimate of drug-likeness (QED) is 0.627. The molecule has 0 heterocycles. The van der Waals surface area contributed by atoms with Crippen molar-refractivity contribution in [2.75, 3.05) is 20.8 Å². The number of methoxy groups -OCH3 is 2. The summed E-state index contributed by atoms with van der Waals surface area (Å²) in [5, 5.41) is 3.96. The predicted molar refractivity (Wildman–Crippen MR) is 92.2 cm³/mol. The van der Waals surface area contributed by atoms with E-state index < -0.39 is 0 Å². The van der Waals surface area contributed by atoms with Gasteiger partial charge in [0.15, 0.2) is 0 Å². The third kappa shape index (κ3) is 4.74. The lowest BCUT2D eigenvalue weighted by molar-refractivity contribution is 0.0954. The van der Waals surface area contributed by atoms with Gasteiger partial charge in [-0.1, -0.05) is 0 Å². The maximum absolute atomic E-state index is 12.2. The fourth-order valence-corrected chi connectivity index (χ4v) is 1.99. The number of ether oxygens (including phenoxy) is 3. The SMILES string of the molecule is CCOc1ccc(/C=N\NC(=O)c2cc(OC)cc(OC)c2)cc1. The van der Waals surface area contributed by atoms with Gasteiger partial charge >= 0.3 is 0 Å². The number of nitrogens with zero attached hydrogens (tertiary/aromatic N) is 1. The largest absolute Gasteiger partial charge is 0.497 e. The molecule has 2 aromatic rings. The molecule has 0 bridgehead atoms. The van der Waals surface area contributed by atoms with Gasteiger partial charge in [-0.2, -0.15) is 5.10 Å². The molecule has 0 unspecified atom stereocenters. The van der Waals surface area contributed by atoms with Crippen molar-refractivity contribution >= 4 is 12.1 Å². The first kappa shape index (κ1) is 17.3. The van der Waals surface area contributed by atoms with Crippen LogP contribution in [-0.2, 0) is 0 Å². The highest BCUT2D eigenvalue weighted by Gasteiger charge is 2.09. The van der Waals surface area contributed by atoms with E-state index in [0.29, 0.717) is 23.7 Å². The lowest BCUT2D eigenvalue weighted by atomic mass is 10.2. The summed E-state index contributed by atoms with van der Waals surface area (Å²) in [6.07, 6.45) is 1.56. The van der Waals surface area contributed by atoms with E-state index in [0.717, 1.165) is 11.3 Å². The Balaban J connectivity index is 2.01. The van der Waals surface area contributed by atoms with Crippen molar-refractivity contribution in [3.63, 3.8) is 0 Å². The highest BCUT2D eigenvalue weighted by Crippen LogP contribution is 2.22. The lowest BCUT2D eigenvalue weighted by Gasteiger charge is -2.07. The number of hydrogen-bond acceptors (Lipinski definition) is 5. The third-order valence-corrected chi connectivity index (χ3v) is 3.18. The molecule has 0 aromatic heterocycles. The molecule has 2 aromatic carbocycles. The van der Waals surface area contributed by atoms with Crippen LogP contribution in [0, 0.1) is 0 Å². The third-order valence-electron chi connectivity index (χ3n) is 3.18. The Labute approximate surface area is 141 Å². The van der Waals surface area contributed by atoms with E-state index in [2.05, 4.69) is 10.5 Å². The zero-order valence-corrected chi connectivity index (χ0v) is 13.9. The minimum atomic E-state index is -0.352. The summed E-state index contributed by atoms with van der Waals surface area (Å²) in [5.41, 5.74) is 3.73. The highest BCUT2D eigenvalue weighted by atomic mass is 16.5. The van der Waals surface area contributed by atoms with Crippen LogP contribution >= 0.6 is 0 Å². The molecule has 6 nitrogen and oxygen atoms in total. The fourth-order valence-electron chi connectivity index (χ4n) is 1.99. The first-order chi connectivity index (χ1) is 11.7. The van der Waals surface area contributed by atoms with E-state index >= 15 is 0 Å². The van der Waals surface area contributed by atoms with Crippen molar-refractivity contribution in [1.82, 2.24) is 5.43 Å². The first-order valence-corrected chi connectivity index (χ1v) is 7.45. The molecule has 0 fully saturated rings. The fraction of sp³-hybridized carbons (Fsp3) is 0.222. The van der Waals surface area contributed by atoms with Crippen LogP contribution in [0.4, 0.5) is 0 Å². The van der Waals surface area contributed by atoms with Gasteiger partial charge in [0, 0.05) is 11.6 Å². The van der Waals surface area contributed by atoms with Crippen molar-refractivity contribution in [3.8, 4) is 17.2 Å². The Morgan fingerprint density at radius 3 is 2.21 bits per heavy atom. The molecule has 24 heavy (non-hydrogen) atoms. The van der Waals surface area contributed by atoms with Gasteiger partial charge in [0.05, 0.1) is 27.0 Å². The van der Waals surface area contributed by atoms with Gasteiger partial charge < -0.3 is 14.2 Å². The maximum Gasteiger partial charge on any atom is 0.271 e. The number of hydrazone groups is 1. The van der Waals surface area contributed by atoms with Gasteiger partial charge in [-0.3, -0.25) is 4.79 Å². The summed E-state index contributed by atoms with van der Waals surface area (Å²) in [6, 6.07) is 12.3. The average Bonchev–Trinajstić information content (AvgIpc) is 2.62. The number of carbonyl (C=O) groups excluding carboxylic acids is 1. The first-order valence-electron chi connectivity index (χ1n) is 7.45. The minimum Gasteiger partial charge on any atom is -0.497 e. The average molecular weight is 328 g/mol. The second-order valence-corrected chi connectivity index (χ2v) is 4.80. The van der Waals surface area contributed by atoms with Crippen LogP contribution in [0.15, 0.2) is 47.6 Å².